The molecule has 4 aromatic rings. The molecule has 2 saturated heterocycles. The van der Waals surface area contributed by atoms with E-state index < -0.39 is 16.1 Å². The van der Waals surface area contributed by atoms with E-state index in [0.29, 0.717) is 33.7 Å². The number of H-pyrrole nitrogens is 1. The molecule has 3 aromatic heterocycles. The predicted molar refractivity (Wildman–Crippen MR) is 154 cm³/mol. The monoisotopic (exact) mass is 614 g/mol. The molecule has 1 aromatic carbocycles. The fraction of sp³-hybridized carbons (Fsp3) is 0.333. The molecule has 1 N–H and O–H groups in total. The highest BCUT2D eigenvalue weighted by Crippen LogP contribution is 2.30. The molecule has 0 aliphatic carbocycles. The number of halogens is 1. The molecule has 2 amide bonds. The molecule has 5 heterocycles. The van der Waals surface area contributed by atoms with E-state index >= 15 is 0 Å². The number of carbonyl (C=O) groups excluding carboxylic acids is 2. The SMILES string of the molecule is O=C(CC1CN(S(=O)(=O)c2cc3cc(Cl)ccc3[nH]2)CCN1C(=O)c1ncc(-c2cc[n+]([O-])cc2)s1)N1CCCC1. The Balaban J connectivity index is 1.26. The summed E-state index contributed by atoms with van der Waals surface area (Å²) in [6, 6.07) is 9.28. The van der Waals surface area contributed by atoms with Crippen molar-refractivity contribution in [2.75, 3.05) is 32.7 Å². The molecule has 2 fully saturated rings. The summed E-state index contributed by atoms with van der Waals surface area (Å²) in [7, 11) is -3.94. The number of amides is 2. The molecular weight excluding hydrogens is 588 g/mol. The highest BCUT2D eigenvalue weighted by atomic mass is 35.5. The van der Waals surface area contributed by atoms with Crippen molar-refractivity contribution in [2.45, 2.75) is 30.3 Å². The number of fused-ring (bicyclic) bond motifs is 1. The van der Waals surface area contributed by atoms with Crippen LogP contribution in [-0.4, -0.2) is 83.1 Å². The summed E-state index contributed by atoms with van der Waals surface area (Å²) in [4.78, 5) is 38.2. The molecule has 2 aliphatic heterocycles. The molecule has 0 spiro atoms. The van der Waals surface area contributed by atoms with Crippen molar-refractivity contribution in [1.29, 1.82) is 0 Å². The van der Waals surface area contributed by atoms with Gasteiger partial charge in [0, 0.05) is 79.0 Å². The number of piperazine rings is 1. The van der Waals surface area contributed by atoms with Crippen LogP contribution in [0.5, 0.6) is 0 Å². The molecular formula is C27H27ClN6O5S2. The normalized spacial score (nSPS) is 18.3. The lowest BCUT2D eigenvalue weighted by molar-refractivity contribution is -0.605. The summed E-state index contributed by atoms with van der Waals surface area (Å²) < 4.78 is 29.4. The molecule has 6 rings (SSSR count). The van der Waals surface area contributed by atoms with Crippen LogP contribution in [0, 0.1) is 5.21 Å². The second kappa shape index (κ2) is 11.0. The molecule has 1 atom stereocenters. The first kappa shape index (κ1) is 27.6. The second-order valence-corrected chi connectivity index (χ2v) is 13.5. The maximum Gasteiger partial charge on any atom is 0.283 e. The van der Waals surface area contributed by atoms with Crippen LogP contribution in [0.2, 0.25) is 5.02 Å². The van der Waals surface area contributed by atoms with Crippen LogP contribution in [0.25, 0.3) is 21.3 Å². The van der Waals surface area contributed by atoms with Gasteiger partial charge in [0.15, 0.2) is 17.4 Å². The number of benzene rings is 1. The summed E-state index contributed by atoms with van der Waals surface area (Å²) in [5.74, 6) is -0.451. The number of nitrogens with one attached hydrogen (secondary N) is 1. The lowest BCUT2D eigenvalue weighted by atomic mass is 10.1. The van der Waals surface area contributed by atoms with Gasteiger partial charge in [-0.3, -0.25) is 9.59 Å². The Kier molecular flexibility index (Phi) is 7.45. The Morgan fingerprint density at radius 1 is 1.10 bits per heavy atom. The van der Waals surface area contributed by atoms with E-state index in [9.17, 15) is 23.2 Å². The Bertz CT molecular complexity index is 1720. The Morgan fingerprint density at radius 2 is 1.85 bits per heavy atom. The Morgan fingerprint density at radius 3 is 2.61 bits per heavy atom. The highest BCUT2D eigenvalue weighted by molar-refractivity contribution is 7.89. The number of hydrogen-bond donors (Lipinski definition) is 1. The van der Waals surface area contributed by atoms with Crippen LogP contribution in [0.1, 0.15) is 29.1 Å². The third-order valence-electron chi connectivity index (χ3n) is 7.53. The maximum atomic E-state index is 13.7. The fourth-order valence-corrected chi connectivity index (χ4v) is 7.89. The largest absolute Gasteiger partial charge is 0.619 e. The van der Waals surface area contributed by atoms with E-state index in [1.807, 2.05) is 0 Å². The summed E-state index contributed by atoms with van der Waals surface area (Å²) in [6.45, 7) is 1.48. The number of nitrogens with zero attached hydrogens (tertiary/aromatic N) is 5. The van der Waals surface area contributed by atoms with E-state index in [1.165, 1.54) is 28.0 Å². The third kappa shape index (κ3) is 5.54. The quantitative estimate of drug-likeness (QED) is 0.262. The minimum atomic E-state index is -3.94. The van der Waals surface area contributed by atoms with Crippen LogP contribution in [0.3, 0.4) is 0 Å². The topological polar surface area (TPSA) is 134 Å². The van der Waals surface area contributed by atoms with Gasteiger partial charge in [-0.25, -0.2) is 13.4 Å². The van der Waals surface area contributed by atoms with Gasteiger partial charge in [-0.1, -0.05) is 11.6 Å². The molecule has 1 unspecified atom stereocenters. The molecule has 0 bridgehead atoms. The number of aromatic nitrogens is 3. The molecule has 0 saturated carbocycles. The number of carbonyl (C=O) groups is 2. The van der Waals surface area contributed by atoms with Crippen LogP contribution < -0.4 is 4.73 Å². The van der Waals surface area contributed by atoms with Crippen molar-refractivity contribution in [1.82, 2.24) is 24.1 Å². The van der Waals surface area contributed by atoms with Crippen LogP contribution >= 0.6 is 22.9 Å². The van der Waals surface area contributed by atoms with Crippen LogP contribution in [0.15, 0.2) is 60.0 Å². The van der Waals surface area contributed by atoms with Gasteiger partial charge in [0.05, 0.1) is 10.9 Å². The number of rotatable bonds is 6. The average molecular weight is 615 g/mol. The number of aromatic amines is 1. The first-order valence-electron chi connectivity index (χ1n) is 13.2. The predicted octanol–water partition coefficient (Wildman–Crippen LogP) is 3.11. The Hall–Kier alpha value is -3.52. The number of pyridine rings is 1. The minimum Gasteiger partial charge on any atom is -0.619 e. The molecule has 214 valence electrons. The van der Waals surface area contributed by atoms with Gasteiger partial charge < -0.3 is 20.0 Å². The molecule has 14 heteroatoms. The van der Waals surface area contributed by atoms with Gasteiger partial charge in [-0.15, -0.1) is 11.3 Å². The number of thiazole rings is 1. The second-order valence-electron chi connectivity index (χ2n) is 10.1. The van der Waals surface area contributed by atoms with E-state index in [0.717, 1.165) is 23.3 Å². The maximum absolute atomic E-state index is 13.7. The number of likely N-dealkylation sites (tertiary alicyclic amines) is 1. The highest BCUT2D eigenvalue weighted by Gasteiger charge is 2.39. The van der Waals surface area contributed by atoms with Gasteiger partial charge in [-0.05, 0) is 37.1 Å². The molecule has 41 heavy (non-hydrogen) atoms. The van der Waals surface area contributed by atoms with Crippen molar-refractivity contribution in [3.63, 3.8) is 0 Å². The van der Waals surface area contributed by atoms with E-state index in [1.54, 1.807) is 52.4 Å². The van der Waals surface area contributed by atoms with Crippen molar-refractivity contribution in [2.24, 2.45) is 0 Å². The summed E-state index contributed by atoms with van der Waals surface area (Å²) in [5.41, 5.74) is 1.40. The van der Waals surface area contributed by atoms with E-state index in [-0.39, 0.29) is 47.9 Å². The zero-order valence-electron chi connectivity index (χ0n) is 21.9. The lowest BCUT2D eigenvalue weighted by Crippen LogP contribution is -2.57. The van der Waals surface area contributed by atoms with Gasteiger partial charge in [0.1, 0.15) is 5.03 Å². The minimum absolute atomic E-state index is 0.0144. The van der Waals surface area contributed by atoms with Crippen molar-refractivity contribution in [3.8, 4) is 10.4 Å². The molecule has 11 nitrogen and oxygen atoms in total. The summed E-state index contributed by atoms with van der Waals surface area (Å²) >= 11 is 7.28. The van der Waals surface area contributed by atoms with Crippen molar-refractivity contribution >= 4 is 55.7 Å². The van der Waals surface area contributed by atoms with Crippen molar-refractivity contribution < 1.29 is 22.7 Å². The lowest BCUT2D eigenvalue weighted by Gasteiger charge is -2.40. The smallest absolute Gasteiger partial charge is 0.283 e. The third-order valence-corrected chi connectivity index (χ3v) is 10.6. The zero-order chi connectivity index (χ0) is 28.7. The van der Waals surface area contributed by atoms with Crippen molar-refractivity contribution in [3.05, 3.63) is 70.2 Å². The first-order valence-corrected chi connectivity index (χ1v) is 15.8. The fourth-order valence-electron chi connectivity index (χ4n) is 5.35. The number of sulfonamides is 1. The van der Waals surface area contributed by atoms with E-state index in [4.69, 9.17) is 11.6 Å². The van der Waals surface area contributed by atoms with Gasteiger partial charge in [0.25, 0.3) is 15.9 Å². The summed E-state index contributed by atoms with van der Waals surface area (Å²) in [6.07, 6.45) is 6.20. The standard InChI is InChI=1S/C27H27ClN6O5S2/c28-20-3-4-22-19(13-20)14-24(30-22)41(38,39)33-11-12-34(21(17-33)15-25(35)31-7-1-2-8-31)27(36)26-29-16-23(40-26)18-5-9-32(37)10-6-18/h3-6,9-10,13-14,16,21,30H,1-2,7-8,11-12,15,17H2. The van der Waals surface area contributed by atoms with Gasteiger partial charge >= 0.3 is 0 Å². The zero-order valence-corrected chi connectivity index (χ0v) is 24.3. The number of hydrogen-bond acceptors (Lipinski definition) is 7. The van der Waals surface area contributed by atoms with Crippen LogP contribution in [0.4, 0.5) is 0 Å². The Labute approximate surface area is 245 Å². The molecule has 2 aliphatic rings. The molecule has 0 radical (unpaired) electrons. The van der Waals surface area contributed by atoms with Gasteiger partial charge in [-0.2, -0.15) is 9.04 Å². The van der Waals surface area contributed by atoms with Crippen LogP contribution in [-0.2, 0) is 14.8 Å². The van der Waals surface area contributed by atoms with Gasteiger partial charge in [0.2, 0.25) is 5.91 Å². The first-order chi connectivity index (χ1) is 19.7. The van der Waals surface area contributed by atoms with E-state index in [2.05, 4.69) is 9.97 Å². The average Bonchev–Trinajstić information content (AvgIpc) is 3.74. The summed E-state index contributed by atoms with van der Waals surface area (Å²) in [5, 5.41) is 12.8.